The molecule has 0 aromatic heterocycles. The highest BCUT2D eigenvalue weighted by Crippen LogP contribution is 2.18. The normalized spacial score (nSPS) is 22.9. The lowest BCUT2D eigenvalue weighted by Crippen LogP contribution is -2.57. The van der Waals surface area contributed by atoms with E-state index < -0.39 is 0 Å². The third-order valence-corrected chi connectivity index (χ3v) is 3.77. The number of ether oxygens (including phenoxy) is 1. The van der Waals surface area contributed by atoms with Crippen LogP contribution in [0.4, 0.5) is 0 Å². The Morgan fingerprint density at radius 2 is 1.70 bits per heavy atom. The number of rotatable bonds is 8. The minimum Gasteiger partial charge on any atom is -0.373 e. The van der Waals surface area contributed by atoms with Gasteiger partial charge in [-0.1, -0.05) is 20.8 Å². The minimum absolute atomic E-state index is 0. The predicted octanol–water partition coefficient (Wildman–Crippen LogP) is 2.08. The molecule has 0 aromatic rings. The van der Waals surface area contributed by atoms with E-state index in [9.17, 15) is 4.79 Å². The first-order valence-corrected chi connectivity index (χ1v) is 8.33. The second-order valence-electron chi connectivity index (χ2n) is 6.44. The average Bonchev–Trinajstić information content (AvgIpc) is 2.37. The zero-order valence-electron chi connectivity index (χ0n) is 15.1. The molecule has 1 fully saturated rings. The van der Waals surface area contributed by atoms with Crippen LogP contribution < -0.4 is 10.6 Å². The number of carbonyl (C=O) groups is 1. The second-order valence-corrected chi connectivity index (χ2v) is 6.44. The molecule has 0 radical (unpaired) electrons. The lowest BCUT2D eigenvalue weighted by molar-refractivity contribution is -0.135. The van der Waals surface area contributed by atoms with E-state index in [1.807, 2.05) is 0 Å². The summed E-state index contributed by atoms with van der Waals surface area (Å²) < 4.78 is 5.77. The lowest BCUT2D eigenvalue weighted by Gasteiger charge is -2.41. The number of nitrogens with zero attached hydrogens (tertiary/aromatic N) is 1. The smallest absolute Gasteiger partial charge is 0.237 e. The van der Waals surface area contributed by atoms with Crippen LogP contribution in [0.2, 0.25) is 0 Å². The van der Waals surface area contributed by atoms with Crippen LogP contribution in [-0.2, 0) is 9.53 Å². The average molecular weight is 372 g/mol. The Hall–Kier alpha value is -0.0700. The van der Waals surface area contributed by atoms with E-state index in [1.165, 1.54) is 0 Å². The number of morpholine rings is 1. The molecule has 7 heteroatoms. The maximum atomic E-state index is 12.5. The number of hydrogen-bond acceptors (Lipinski definition) is 4. The van der Waals surface area contributed by atoms with Crippen LogP contribution >= 0.6 is 24.8 Å². The van der Waals surface area contributed by atoms with Crippen molar-refractivity contribution in [2.45, 2.75) is 59.3 Å². The van der Waals surface area contributed by atoms with Gasteiger partial charge in [-0.25, -0.2) is 0 Å². The molecule has 1 aliphatic heterocycles. The molecule has 23 heavy (non-hydrogen) atoms. The van der Waals surface area contributed by atoms with Gasteiger partial charge in [0.25, 0.3) is 0 Å². The summed E-state index contributed by atoms with van der Waals surface area (Å²) in [5, 5.41) is 6.37. The van der Waals surface area contributed by atoms with Crippen molar-refractivity contribution in [3.05, 3.63) is 0 Å². The van der Waals surface area contributed by atoms with Crippen LogP contribution in [0.1, 0.15) is 41.0 Å². The van der Waals surface area contributed by atoms with Crippen molar-refractivity contribution in [3.8, 4) is 0 Å². The fraction of sp³-hybridized carbons (Fsp3) is 0.938. The van der Waals surface area contributed by atoms with Crippen LogP contribution in [0, 0.1) is 5.92 Å². The highest BCUT2D eigenvalue weighted by atomic mass is 35.5. The molecule has 2 N–H and O–H groups in total. The van der Waals surface area contributed by atoms with Crippen molar-refractivity contribution in [1.82, 2.24) is 15.5 Å². The molecular weight excluding hydrogens is 337 g/mol. The van der Waals surface area contributed by atoms with Crippen LogP contribution in [-0.4, -0.2) is 61.8 Å². The van der Waals surface area contributed by atoms with Gasteiger partial charge in [0.2, 0.25) is 5.91 Å². The van der Waals surface area contributed by atoms with E-state index in [4.69, 9.17) is 4.74 Å². The standard InChI is InChI=1S/C16H33N3O2.2ClH/c1-6-7-17-8-9-18-16(20)15(12(2)3)19-10-13(4)21-14(5)11-19;;/h12-15,17H,6-11H2,1-5H3,(H,18,20);2*1H. The molecule has 1 amide bonds. The lowest BCUT2D eigenvalue weighted by atomic mass is 9.99. The molecule has 3 unspecified atom stereocenters. The summed E-state index contributed by atoms with van der Waals surface area (Å²) >= 11 is 0. The molecule has 3 atom stereocenters. The topological polar surface area (TPSA) is 53.6 Å². The monoisotopic (exact) mass is 371 g/mol. The third kappa shape index (κ3) is 9.11. The molecule has 1 rings (SSSR count). The Bertz CT molecular complexity index is 310. The second kappa shape index (κ2) is 13.2. The van der Waals surface area contributed by atoms with Gasteiger partial charge in [0.15, 0.2) is 0 Å². The fourth-order valence-electron chi connectivity index (χ4n) is 3.02. The van der Waals surface area contributed by atoms with Gasteiger partial charge in [0.05, 0.1) is 18.2 Å². The molecule has 5 nitrogen and oxygen atoms in total. The first-order valence-electron chi connectivity index (χ1n) is 8.33. The summed E-state index contributed by atoms with van der Waals surface area (Å²) in [5.74, 6) is 0.440. The van der Waals surface area contributed by atoms with Crippen molar-refractivity contribution < 1.29 is 9.53 Å². The SMILES string of the molecule is CCCNCCNC(=O)C(C(C)C)N1CC(C)OC(C)C1.Cl.Cl. The van der Waals surface area contributed by atoms with Crippen LogP contribution in [0.3, 0.4) is 0 Å². The van der Waals surface area contributed by atoms with E-state index >= 15 is 0 Å². The third-order valence-electron chi connectivity index (χ3n) is 3.77. The Labute approximate surface area is 154 Å². The summed E-state index contributed by atoms with van der Waals surface area (Å²) in [7, 11) is 0. The largest absolute Gasteiger partial charge is 0.373 e. The van der Waals surface area contributed by atoms with Crippen molar-refractivity contribution in [2.24, 2.45) is 5.92 Å². The van der Waals surface area contributed by atoms with Gasteiger partial charge in [0.1, 0.15) is 0 Å². The van der Waals surface area contributed by atoms with E-state index in [1.54, 1.807) is 0 Å². The molecule has 1 aliphatic rings. The quantitative estimate of drug-likeness (QED) is 0.641. The Kier molecular flexibility index (Phi) is 14.5. The molecule has 1 heterocycles. The van der Waals surface area contributed by atoms with Crippen LogP contribution in [0.5, 0.6) is 0 Å². The molecule has 1 saturated heterocycles. The van der Waals surface area contributed by atoms with Gasteiger partial charge >= 0.3 is 0 Å². The van der Waals surface area contributed by atoms with E-state index in [0.29, 0.717) is 12.5 Å². The van der Waals surface area contributed by atoms with Gasteiger partial charge < -0.3 is 15.4 Å². The van der Waals surface area contributed by atoms with Crippen molar-refractivity contribution in [2.75, 3.05) is 32.7 Å². The Balaban J connectivity index is 0. The minimum atomic E-state index is -0.0648. The molecule has 0 spiro atoms. The molecule has 0 aromatic carbocycles. The molecule has 0 aliphatic carbocycles. The van der Waals surface area contributed by atoms with E-state index in [-0.39, 0.29) is 49.0 Å². The van der Waals surface area contributed by atoms with Gasteiger partial charge in [-0.15, -0.1) is 24.8 Å². The van der Waals surface area contributed by atoms with E-state index in [0.717, 1.165) is 32.6 Å². The van der Waals surface area contributed by atoms with Gasteiger partial charge in [-0.05, 0) is 32.7 Å². The Morgan fingerprint density at radius 1 is 1.13 bits per heavy atom. The molecule has 0 saturated carbocycles. The summed E-state index contributed by atoms with van der Waals surface area (Å²) in [6, 6.07) is -0.0648. The van der Waals surface area contributed by atoms with Crippen molar-refractivity contribution in [3.63, 3.8) is 0 Å². The predicted molar refractivity (Wildman–Crippen MR) is 101 cm³/mol. The first kappa shape index (κ1) is 25.2. The first-order chi connectivity index (χ1) is 9.95. The van der Waals surface area contributed by atoms with Gasteiger partial charge in [-0.3, -0.25) is 9.69 Å². The zero-order valence-corrected chi connectivity index (χ0v) is 16.8. The van der Waals surface area contributed by atoms with Crippen molar-refractivity contribution >= 4 is 30.7 Å². The fourth-order valence-corrected chi connectivity index (χ4v) is 3.02. The highest BCUT2D eigenvalue weighted by Gasteiger charge is 2.33. The number of hydrogen-bond donors (Lipinski definition) is 2. The number of nitrogens with one attached hydrogen (secondary N) is 2. The van der Waals surface area contributed by atoms with Crippen LogP contribution in [0.25, 0.3) is 0 Å². The summed E-state index contributed by atoms with van der Waals surface area (Å²) in [4.78, 5) is 14.8. The Morgan fingerprint density at radius 3 is 2.17 bits per heavy atom. The molecular formula is C16H35Cl2N3O2. The maximum absolute atomic E-state index is 12.5. The molecule has 0 bridgehead atoms. The summed E-state index contributed by atoms with van der Waals surface area (Å²) in [5.41, 5.74) is 0. The number of amides is 1. The van der Waals surface area contributed by atoms with Gasteiger partial charge in [-0.2, -0.15) is 0 Å². The molecule has 140 valence electrons. The van der Waals surface area contributed by atoms with E-state index in [2.05, 4.69) is 50.2 Å². The van der Waals surface area contributed by atoms with Crippen molar-refractivity contribution in [1.29, 1.82) is 0 Å². The summed E-state index contributed by atoms with van der Waals surface area (Å²) in [6.45, 7) is 14.7. The number of carbonyl (C=O) groups excluding carboxylic acids is 1. The van der Waals surface area contributed by atoms with Crippen LogP contribution in [0.15, 0.2) is 0 Å². The number of halogens is 2. The zero-order chi connectivity index (χ0) is 15.8. The maximum Gasteiger partial charge on any atom is 0.237 e. The highest BCUT2D eigenvalue weighted by molar-refractivity contribution is 5.85. The summed E-state index contributed by atoms with van der Waals surface area (Å²) in [6.07, 6.45) is 1.49. The van der Waals surface area contributed by atoms with Gasteiger partial charge in [0, 0.05) is 26.2 Å².